The highest BCUT2D eigenvalue weighted by molar-refractivity contribution is 5.99. The molecule has 0 bridgehead atoms. The molecule has 0 atom stereocenters. The molecule has 1 aliphatic carbocycles. The van der Waals surface area contributed by atoms with Crippen molar-refractivity contribution in [2.24, 2.45) is 0 Å². The van der Waals surface area contributed by atoms with Crippen LogP contribution in [0.5, 0.6) is 0 Å². The van der Waals surface area contributed by atoms with Crippen molar-refractivity contribution >= 4 is 11.6 Å². The van der Waals surface area contributed by atoms with E-state index in [4.69, 9.17) is 0 Å². The molecule has 1 aromatic carbocycles. The molecule has 110 valence electrons. The Balaban J connectivity index is 1.92. The molecule has 0 radical (unpaired) electrons. The van der Waals surface area contributed by atoms with Gasteiger partial charge >= 0.3 is 0 Å². The van der Waals surface area contributed by atoms with Crippen LogP contribution >= 0.6 is 0 Å². The second kappa shape index (κ2) is 6.70. The molecule has 0 aliphatic heterocycles. The summed E-state index contributed by atoms with van der Waals surface area (Å²) in [7, 11) is 2.07. The first-order valence-corrected chi connectivity index (χ1v) is 7.14. The number of nitrogens with zero attached hydrogens (tertiary/aromatic N) is 1. The van der Waals surface area contributed by atoms with Gasteiger partial charge in [0.05, 0.1) is 11.3 Å². The smallest absolute Gasteiger partial charge is 0.253 e. The van der Waals surface area contributed by atoms with Crippen LogP contribution in [0.3, 0.4) is 0 Å². The number of hydrogen-bond donors (Lipinski definition) is 2. The van der Waals surface area contributed by atoms with E-state index >= 15 is 0 Å². The number of rotatable bonds is 7. The summed E-state index contributed by atoms with van der Waals surface area (Å²) in [6.45, 7) is 3.85. The Labute approximate surface area is 119 Å². The number of carbonyl (C=O) groups excluding carboxylic acids is 1. The molecule has 0 aromatic heterocycles. The van der Waals surface area contributed by atoms with Gasteiger partial charge in [0.1, 0.15) is 5.82 Å². The summed E-state index contributed by atoms with van der Waals surface area (Å²) in [6.07, 6.45) is 2.50. The van der Waals surface area contributed by atoms with Crippen molar-refractivity contribution in [2.45, 2.75) is 25.8 Å². The second-order valence-electron chi connectivity index (χ2n) is 5.16. The molecule has 5 heteroatoms. The molecule has 2 N–H and O–H groups in total. The van der Waals surface area contributed by atoms with Gasteiger partial charge in [0, 0.05) is 25.7 Å². The molecular formula is C15H22FN3O. The zero-order chi connectivity index (χ0) is 14.5. The third-order valence-electron chi connectivity index (χ3n) is 3.53. The van der Waals surface area contributed by atoms with E-state index in [1.54, 1.807) is 12.1 Å². The van der Waals surface area contributed by atoms with Crippen molar-refractivity contribution in [3.63, 3.8) is 0 Å². The third kappa shape index (κ3) is 3.70. The Morgan fingerprint density at radius 1 is 1.45 bits per heavy atom. The van der Waals surface area contributed by atoms with E-state index < -0.39 is 5.82 Å². The number of hydrogen-bond acceptors (Lipinski definition) is 3. The van der Waals surface area contributed by atoms with E-state index in [1.165, 1.54) is 18.9 Å². The van der Waals surface area contributed by atoms with E-state index in [9.17, 15) is 9.18 Å². The number of benzene rings is 1. The Morgan fingerprint density at radius 3 is 2.85 bits per heavy atom. The number of nitrogens with one attached hydrogen (secondary N) is 2. The lowest BCUT2D eigenvalue weighted by Crippen LogP contribution is -2.34. The lowest BCUT2D eigenvalue weighted by Gasteiger charge is -2.16. The first-order chi connectivity index (χ1) is 9.63. The first-order valence-electron chi connectivity index (χ1n) is 7.14. The van der Waals surface area contributed by atoms with Crippen molar-refractivity contribution in [3.05, 3.63) is 29.6 Å². The van der Waals surface area contributed by atoms with Crippen LogP contribution in [0.25, 0.3) is 0 Å². The number of halogens is 1. The maximum Gasteiger partial charge on any atom is 0.253 e. The summed E-state index contributed by atoms with van der Waals surface area (Å²) < 4.78 is 13.7. The van der Waals surface area contributed by atoms with Crippen molar-refractivity contribution < 1.29 is 9.18 Å². The van der Waals surface area contributed by atoms with Crippen LogP contribution in [0, 0.1) is 5.82 Å². The average Bonchev–Trinajstić information content (AvgIpc) is 3.25. The van der Waals surface area contributed by atoms with Gasteiger partial charge in [-0.15, -0.1) is 0 Å². The van der Waals surface area contributed by atoms with Gasteiger partial charge in [-0.25, -0.2) is 4.39 Å². The van der Waals surface area contributed by atoms with Crippen LogP contribution in [0.1, 0.15) is 30.1 Å². The number of anilines is 1. The van der Waals surface area contributed by atoms with Crippen molar-refractivity contribution in [1.82, 2.24) is 10.2 Å². The Bertz CT molecular complexity index is 474. The molecule has 1 amide bonds. The monoisotopic (exact) mass is 279 g/mol. The van der Waals surface area contributed by atoms with E-state index in [1.807, 2.05) is 6.92 Å². The first kappa shape index (κ1) is 14.8. The number of para-hydroxylation sites is 1. The topological polar surface area (TPSA) is 44.4 Å². The highest BCUT2D eigenvalue weighted by Crippen LogP contribution is 2.24. The van der Waals surface area contributed by atoms with Gasteiger partial charge in [0.15, 0.2) is 0 Å². The minimum absolute atomic E-state index is 0.232. The Hall–Kier alpha value is -1.62. The van der Waals surface area contributed by atoms with Gasteiger partial charge in [-0.3, -0.25) is 4.79 Å². The van der Waals surface area contributed by atoms with Crippen LogP contribution in [0.4, 0.5) is 10.1 Å². The van der Waals surface area contributed by atoms with Gasteiger partial charge in [0.2, 0.25) is 0 Å². The van der Waals surface area contributed by atoms with Crippen molar-refractivity contribution in [1.29, 1.82) is 0 Å². The van der Waals surface area contributed by atoms with E-state index in [-0.39, 0.29) is 11.6 Å². The number of amides is 1. The molecule has 20 heavy (non-hydrogen) atoms. The van der Waals surface area contributed by atoms with Crippen LogP contribution in [-0.4, -0.2) is 43.5 Å². The normalized spacial score (nSPS) is 14.4. The molecule has 4 nitrogen and oxygen atoms in total. The quantitative estimate of drug-likeness (QED) is 0.803. The van der Waals surface area contributed by atoms with Crippen molar-refractivity contribution in [3.8, 4) is 0 Å². The number of likely N-dealkylation sites (N-methyl/N-ethyl adjacent to an activating group) is 1. The molecule has 0 saturated heterocycles. The fraction of sp³-hybridized carbons (Fsp3) is 0.533. The average molecular weight is 279 g/mol. The van der Waals surface area contributed by atoms with E-state index in [2.05, 4.69) is 22.6 Å². The maximum atomic E-state index is 13.7. The Kier molecular flexibility index (Phi) is 4.95. The lowest BCUT2D eigenvalue weighted by atomic mass is 10.1. The van der Waals surface area contributed by atoms with Gasteiger partial charge in [-0.2, -0.15) is 0 Å². The van der Waals surface area contributed by atoms with Crippen LogP contribution in [-0.2, 0) is 0 Å². The summed E-state index contributed by atoms with van der Waals surface area (Å²) in [5, 5.41) is 5.76. The molecule has 0 unspecified atom stereocenters. The maximum absolute atomic E-state index is 13.7. The van der Waals surface area contributed by atoms with Gasteiger partial charge in [0.25, 0.3) is 5.91 Å². The summed E-state index contributed by atoms with van der Waals surface area (Å²) in [6, 6.07) is 5.23. The predicted octanol–water partition coefficient (Wildman–Crippen LogP) is 2.08. The summed E-state index contributed by atoms with van der Waals surface area (Å²) >= 11 is 0. The van der Waals surface area contributed by atoms with Crippen molar-refractivity contribution in [2.75, 3.05) is 32.0 Å². The second-order valence-corrected chi connectivity index (χ2v) is 5.16. The number of carbonyl (C=O) groups is 1. The SMILES string of the molecule is CCNc1c(F)cccc1C(=O)NCCN(C)C1CC1. The Morgan fingerprint density at radius 2 is 2.20 bits per heavy atom. The molecule has 1 aliphatic rings. The van der Waals surface area contributed by atoms with Crippen LogP contribution in [0.2, 0.25) is 0 Å². The summed E-state index contributed by atoms with van der Waals surface area (Å²) in [5.41, 5.74) is 0.643. The molecule has 0 spiro atoms. The molecular weight excluding hydrogens is 257 g/mol. The summed E-state index contributed by atoms with van der Waals surface area (Å²) in [4.78, 5) is 14.4. The highest BCUT2D eigenvalue weighted by atomic mass is 19.1. The largest absolute Gasteiger partial charge is 0.382 e. The standard InChI is InChI=1S/C15H22FN3O/c1-3-17-14-12(5-4-6-13(14)16)15(20)18-9-10-19(2)11-7-8-11/h4-6,11,17H,3,7-10H2,1-2H3,(H,18,20). The fourth-order valence-corrected chi connectivity index (χ4v) is 2.21. The third-order valence-corrected chi connectivity index (χ3v) is 3.53. The van der Waals surface area contributed by atoms with Crippen LogP contribution < -0.4 is 10.6 Å². The van der Waals surface area contributed by atoms with Gasteiger partial charge in [-0.1, -0.05) is 6.07 Å². The minimum atomic E-state index is -0.394. The molecule has 2 rings (SSSR count). The van der Waals surface area contributed by atoms with Gasteiger partial charge < -0.3 is 15.5 Å². The fourth-order valence-electron chi connectivity index (χ4n) is 2.21. The van der Waals surface area contributed by atoms with E-state index in [0.29, 0.717) is 24.7 Å². The highest BCUT2D eigenvalue weighted by Gasteiger charge is 2.25. The zero-order valence-corrected chi connectivity index (χ0v) is 12.1. The molecule has 1 aromatic rings. The van der Waals surface area contributed by atoms with E-state index in [0.717, 1.165) is 6.54 Å². The minimum Gasteiger partial charge on any atom is -0.382 e. The zero-order valence-electron chi connectivity index (χ0n) is 12.1. The lowest BCUT2D eigenvalue weighted by molar-refractivity contribution is 0.0950. The molecule has 0 heterocycles. The molecule has 1 saturated carbocycles. The summed E-state index contributed by atoms with van der Waals surface area (Å²) in [5.74, 6) is -0.626. The van der Waals surface area contributed by atoms with Crippen LogP contribution in [0.15, 0.2) is 18.2 Å². The van der Waals surface area contributed by atoms with Gasteiger partial charge in [-0.05, 0) is 38.9 Å². The predicted molar refractivity (Wildman–Crippen MR) is 78.5 cm³/mol. The molecule has 1 fully saturated rings.